The third kappa shape index (κ3) is 5.25. The Hall–Kier alpha value is -2.87. The minimum Gasteiger partial charge on any atom is -0.484 e. The number of methoxy groups -OCH3 is 1. The Morgan fingerprint density at radius 1 is 1.13 bits per heavy atom. The number of amides is 2. The SMILES string of the molecule is CCN(CC)C(=O)COc1ccc(-c2c(C)sc(NC(=O)C3CC3)c2C(=O)OC)cc1. The number of hydrogen-bond acceptors (Lipinski definition) is 6. The number of esters is 1. The summed E-state index contributed by atoms with van der Waals surface area (Å²) in [6, 6.07) is 7.22. The van der Waals surface area contributed by atoms with Crippen molar-refractivity contribution in [3.63, 3.8) is 0 Å². The zero-order valence-electron chi connectivity index (χ0n) is 18.3. The van der Waals surface area contributed by atoms with Crippen LogP contribution in [0.4, 0.5) is 5.00 Å². The topological polar surface area (TPSA) is 84.9 Å². The quantitative estimate of drug-likeness (QED) is 0.589. The lowest BCUT2D eigenvalue weighted by atomic mass is 10.0. The summed E-state index contributed by atoms with van der Waals surface area (Å²) in [6.07, 6.45) is 1.77. The van der Waals surface area contributed by atoms with Crippen LogP contribution in [0.1, 0.15) is 41.9 Å². The van der Waals surface area contributed by atoms with E-state index in [0.717, 1.165) is 28.8 Å². The van der Waals surface area contributed by atoms with E-state index in [-0.39, 0.29) is 24.3 Å². The van der Waals surface area contributed by atoms with E-state index in [1.165, 1.54) is 18.4 Å². The summed E-state index contributed by atoms with van der Waals surface area (Å²) in [4.78, 5) is 39.5. The van der Waals surface area contributed by atoms with E-state index < -0.39 is 5.97 Å². The molecule has 1 aliphatic rings. The fraction of sp³-hybridized carbons (Fsp3) is 0.435. The van der Waals surface area contributed by atoms with Gasteiger partial charge in [-0.15, -0.1) is 11.3 Å². The molecule has 2 aromatic rings. The van der Waals surface area contributed by atoms with E-state index in [1.54, 1.807) is 17.0 Å². The number of aryl methyl sites for hydroxylation is 1. The summed E-state index contributed by atoms with van der Waals surface area (Å²) >= 11 is 1.37. The minimum atomic E-state index is -0.490. The molecule has 1 aromatic carbocycles. The van der Waals surface area contributed by atoms with Gasteiger partial charge in [-0.3, -0.25) is 9.59 Å². The van der Waals surface area contributed by atoms with Gasteiger partial charge in [0.1, 0.15) is 16.3 Å². The monoisotopic (exact) mass is 444 g/mol. The molecule has 166 valence electrons. The standard InChI is InChI=1S/C23H28N2O5S/c1-5-25(6-2)18(26)13-30-17-11-9-15(10-12-17)19-14(3)31-22(20(19)23(28)29-4)24-21(27)16-7-8-16/h9-12,16H,5-8,13H2,1-4H3,(H,24,27). The largest absolute Gasteiger partial charge is 0.484 e. The van der Waals surface area contributed by atoms with Gasteiger partial charge in [-0.25, -0.2) is 4.79 Å². The van der Waals surface area contributed by atoms with Crippen LogP contribution in [0.15, 0.2) is 24.3 Å². The molecular weight excluding hydrogens is 416 g/mol. The summed E-state index contributed by atoms with van der Waals surface area (Å²) in [5, 5.41) is 3.41. The zero-order valence-corrected chi connectivity index (χ0v) is 19.1. The molecular formula is C23H28N2O5S. The Bertz CT molecular complexity index is 959. The number of carbonyl (C=O) groups excluding carboxylic acids is 3. The van der Waals surface area contributed by atoms with Crippen molar-refractivity contribution in [1.29, 1.82) is 0 Å². The molecule has 3 rings (SSSR count). The van der Waals surface area contributed by atoms with Gasteiger partial charge in [-0.1, -0.05) is 12.1 Å². The highest BCUT2D eigenvalue weighted by Crippen LogP contribution is 2.42. The molecule has 8 heteroatoms. The molecule has 0 radical (unpaired) electrons. The highest BCUT2D eigenvalue weighted by molar-refractivity contribution is 7.17. The molecule has 1 heterocycles. The number of benzene rings is 1. The second-order valence-electron chi connectivity index (χ2n) is 7.37. The second kappa shape index (κ2) is 9.96. The van der Waals surface area contributed by atoms with Crippen molar-refractivity contribution in [2.75, 3.05) is 32.1 Å². The van der Waals surface area contributed by atoms with Gasteiger partial charge in [0.2, 0.25) is 5.91 Å². The Labute approximate surface area is 186 Å². The number of hydrogen-bond donors (Lipinski definition) is 1. The zero-order chi connectivity index (χ0) is 22.5. The van der Waals surface area contributed by atoms with Crippen molar-refractivity contribution < 1.29 is 23.9 Å². The van der Waals surface area contributed by atoms with E-state index in [4.69, 9.17) is 9.47 Å². The maximum atomic E-state index is 12.5. The Morgan fingerprint density at radius 2 is 1.77 bits per heavy atom. The van der Waals surface area contributed by atoms with E-state index in [2.05, 4.69) is 5.32 Å². The number of thiophene rings is 1. The van der Waals surface area contributed by atoms with Crippen molar-refractivity contribution in [2.24, 2.45) is 5.92 Å². The van der Waals surface area contributed by atoms with Gasteiger partial charge in [0, 0.05) is 29.4 Å². The van der Waals surface area contributed by atoms with Gasteiger partial charge in [0.25, 0.3) is 5.91 Å². The van der Waals surface area contributed by atoms with Crippen molar-refractivity contribution in [3.8, 4) is 16.9 Å². The Balaban J connectivity index is 1.81. The number of nitrogens with zero attached hydrogens (tertiary/aromatic N) is 1. The van der Waals surface area contributed by atoms with E-state index in [1.807, 2.05) is 32.9 Å². The van der Waals surface area contributed by atoms with Crippen LogP contribution in [-0.2, 0) is 14.3 Å². The van der Waals surface area contributed by atoms with Crippen molar-refractivity contribution in [3.05, 3.63) is 34.7 Å². The number of rotatable bonds is 9. The lowest BCUT2D eigenvalue weighted by Crippen LogP contribution is -2.34. The van der Waals surface area contributed by atoms with Gasteiger partial charge in [-0.05, 0) is 51.3 Å². The molecule has 31 heavy (non-hydrogen) atoms. The Morgan fingerprint density at radius 3 is 2.32 bits per heavy atom. The van der Waals surface area contributed by atoms with Gasteiger partial charge in [0.05, 0.1) is 7.11 Å². The third-order valence-electron chi connectivity index (χ3n) is 5.28. The van der Waals surface area contributed by atoms with Crippen LogP contribution in [0.5, 0.6) is 5.75 Å². The first kappa shape index (κ1) is 22.8. The highest BCUT2D eigenvalue weighted by Gasteiger charge is 2.32. The maximum absolute atomic E-state index is 12.5. The van der Waals surface area contributed by atoms with Crippen LogP contribution in [0.3, 0.4) is 0 Å². The lowest BCUT2D eigenvalue weighted by molar-refractivity contribution is -0.133. The smallest absolute Gasteiger partial charge is 0.341 e. The van der Waals surface area contributed by atoms with Gasteiger partial charge >= 0.3 is 5.97 Å². The van der Waals surface area contributed by atoms with Gasteiger partial charge in [0.15, 0.2) is 6.61 Å². The maximum Gasteiger partial charge on any atom is 0.341 e. The fourth-order valence-corrected chi connectivity index (χ4v) is 4.43. The molecule has 0 bridgehead atoms. The van der Waals surface area contributed by atoms with Crippen LogP contribution in [0, 0.1) is 12.8 Å². The first-order valence-electron chi connectivity index (χ1n) is 10.4. The van der Waals surface area contributed by atoms with E-state index in [9.17, 15) is 14.4 Å². The number of likely N-dealkylation sites (N-methyl/N-ethyl adjacent to an activating group) is 1. The number of carbonyl (C=O) groups is 3. The van der Waals surface area contributed by atoms with Crippen LogP contribution in [0.25, 0.3) is 11.1 Å². The number of nitrogens with one attached hydrogen (secondary N) is 1. The molecule has 0 unspecified atom stereocenters. The van der Waals surface area contributed by atoms with E-state index >= 15 is 0 Å². The van der Waals surface area contributed by atoms with E-state index in [0.29, 0.717) is 29.4 Å². The van der Waals surface area contributed by atoms with Crippen molar-refractivity contribution in [1.82, 2.24) is 4.90 Å². The summed E-state index contributed by atoms with van der Waals surface area (Å²) in [7, 11) is 1.33. The predicted octanol–water partition coefficient (Wildman–Crippen LogP) is 4.11. The molecule has 0 saturated heterocycles. The molecule has 7 nitrogen and oxygen atoms in total. The fourth-order valence-electron chi connectivity index (χ4n) is 3.37. The molecule has 1 fully saturated rings. The van der Waals surface area contributed by atoms with Crippen molar-refractivity contribution >= 4 is 34.1 Å². The van der Waals surface area contributed by atoms with Crippen LogP contribution < -0.4 is 10.1 Å². The summed E-state index contributed by atoms with van der Waals surface area (Å²) in [5.41, 5.74) is 1.90. The number of anilines is 1. The van der Waals surface area contributed by atoms with Gasteiger partial charge in [-0.2, -0.15) is 0 Å². The first-order valence-corrected chi connectivity index (χ1v) is 11.2. The second-order valence-corrected chi connectivity index (χ2v) is 8.60. The average molecular weight is 445 g/mol. The molecule has 0 spiro atoms. The molecule has 0 aliphatic heterocycles. The summed E-state index contributed by atoms with van der Waals surface area (Å²) in [5.74, 6) is -0.00667. The summed E-state index contributed by atoms with van der Waals surface area (Å²) < 4.78 is 10.6. The predicted molar refractivity (Wildman–Crippen MR) is 121 cm³/mol. The van der Waals surface area contributed by atoms with Crippen LogP contribution in [-0.4, -0.2) is 49.5 Å². The molecule has 0 atom stereocenters. The normalized spacial score (nSPS) is 12.9. The Kier molecular flexibility index (Phi) is 7.33. The third-order valence-corrected chi connectivity index (χ3v) is 6.30. The summed E-state index contributed by atoms with van der Waals surface area (Å²) in [6.45, 7) is 7.03. The number of ether oxygens (including phenoxy) is 2. The van der Waals surface area contributed by atoms with Crippen LogP contribution >= 0.6 is 11.3 Å². The molecule has 1 saturated carbocycles. The minimum absolute atomic E-state index is 0.0245. The molecule has 1 N–H and O–H groups in total. The molecule has 1 aromatic heterocycles. The lowest BCUT2D eigenvalue weighted by Gasteiger charge is -2.18. The molecule has 1 aliphatic carbocycles. The first-order chi connectivity index (χ1) is 14.9. The van der Waals surface area contributed by atoms with Crippen molar-refractivity contribution in [2.45, 2.75) is 33.6 Å². The average Bonchev–Trinajstić information content (AvgIpc) is 3.57. The molecule has 2 amide bonds. The highest BCUT2D eigenvalue weighted by atomic mass is 32.1. The van der Waals surface area contributed by atoms with Gasteiger partial charge < -0.3 is 19.7 Å². The van der Waals surface area contributed by atoms with Crippen LogP contribution in [0.2, 0.25) is 0 Å².